The molecular formula is C8H14NP. The highest BCUT2D eigenvalue weighted by Crippen LogP contribution is 1.92. The molecule has 0 aliphatic rings. The molecule has 56 valence electrons. The summed E-state index contributed by atoms with van der Waals surface area (Å²) < 4.78 is 0. The summed E-state index contributed by atoms with van der Waals surface area (Å²) in [6.07, 6.45) is 1.79. The van der Waals surface area contributed by atoms with Crippen LogP contribution in [0.3, 0.4) is 0 Å². The second kappa shape index (κ2) is 5.37. The third-order valence-corrected chi connectivity index (χ3v) is 1.65. The quantitative estimate of drug-likeness (QED) is 0.521. The van der Waals surface area contributed by atoms with E-state index < -0.39 is 0 Å². The molecule has 1 aromatic heterocycles. The van der Waals surface area contributed by atoms with Crippen LogP contribution in [0.25, 0.3) is 0 Å². The predicted molar refractivity (Wildman–Crippen MR) is 49.7 cm³/mol. The van der Waals surface area contributed by atoms with Crippen molar-refractivity contribution in [3.05, 3.63) is 23.9 Å². The fourth-order valence-corrected chi connectivity index (χ4v) is 0.680. The van der Waals surface area contributed by atoms with Gasteiger partial charge in [0.05, 0.1) is 5.44 Å². The molecule has 0 saturated heterocycles. The van der Waals surface area contributed by atoms with E-state index in [-0.39, 0.29) is 0 Å². The van der Waals surface area contributed by atoms with Gasteiger partial charge in [-0.05, 0) is 18.6 Å². The fourth-order valence-electron chi connectivity index (χ4n) is 0.498. The van der Waals surface area contributed by atoms with Gasteiger partial charge in [0.2, 0.25) is 0 Å². The third-order valence-electron chi connectivity index (χ3n) is 1.05. The van der Waals surface area contributed by atoms with Crippen LogP contribution in [0.15, 0.2) is 18.3 Å². The van der Waals surface area contributed by atoms with Gasteiger partial charge in [-0.25, -0.2) is 0 Å². The molecule has 0 radical (unpaired) electrons. The highest BCUT2D eigenvalue weighted by atomic mass is 31.0. The molecule has 0 bridgehead atoms. The summed E-state index contributed by atoms with van der Waals surface area (Å²) in [7, 11) is 2.58. The predicted octanol–water partition coefficient (Wildman–Crippen LogP) is 1.92. The highest BCUT2D eigenvalue weighted by Gasteiger charge is 1.85. The summed E-state index contributed by atoms with van der Waals surface area (Å²) in [6.45, 7) is 6.04. The summed E-state index contributed by atoms with van der Waals surface area (Å²) >= 11 is 0. The van der Waals surface area contributed by atoms with Crippen LogP contribution >= 0.6 is 9.24 Å². The largest absolute Gasteiger partial charge is 0.257 e. The Labute approximate surface area is 65.1 Å². The van der Waals surface area contributed by atoms with Crippen molar-refractivity contribution >= 4 is 14.7 Å². The Balaban J connectivity index is 0.000000371. The normalized spacial score (nSPS) is 8.00. The molecule has 0 fully saturated rings. The minimum Gasteiger partial charge on any atom is -0.257 e. The van der Waals surface area contributed by atoms with E-state index in [2.05, 4.69) is 14.2 Å². The second-order valence-electron chi connectivity index (χ2n) is 1.71. The lowest BCUT2D eigenvalue weighted by Gasteiger charge is -1.92. The first-order valence-electron chi connectivity index (χ1n) is 3.48. The van der Waals surface area contributed by atoms with Gasteiger partial charge >= 0.3 is 0 Å². The first-order chi connectivity index (χ1) is 4.80. The Bertz CT molecular complexity index is 165. The van der Waals surface area contributed by atoms with E-state index in [1.54, 1.807) is 6.20 Å². The summed E-state index contributed by atoms with van der Waals surface area (Å²) in [6, 6.07) is 3.97. The Morgan fingerprint density at radius 2 is 2.00 bits per heavy atom. The second-order valence-corrected chi connectivity index (χ2v) is 2.25. The molecule has 0 N–H and O–H groups in total. The number of pyridine rings is 1. The zero-order valence-electron chi connectivity index (χ0n) is 6.76. The molecule has 10 heavy (non-hydrogen) atoms. The van der Waals surface area contributed by atoms with Crippen molar-refractivity contribution in [2.75, 3.05) is 0 Å². The van der Waals surface area contributed by atoms with Gasteiger partial charge in [-0.2, -0.15) is 0 Å². The topological polar surface area (TPSA) is 12.9 Å². The number of rotatable bonds is 0. The highest BCUT2D eigenvalue weighted by molar-refractivity contribution is 7.27. The van der Waals surface area contributed by atoms with Crippen LogP contribution in [0.2, 0.25) is 0 Å². The molecule has 0 amide bonds. The van der Waals surface area contributed by atoms with Gasteiger partial charge in [-0.3, -0.25) is 4.98 Å². The minimum absolute atomic E-state index is 1.03. The number of aryl methyl sites for hydroxylation is 1. The summed E-state index contributed by atoms with van der Waals surface area (Å²) in [5.74, 6) is 0. The first kappa shape index (κ1) is 9.58. The number of hydrogen-bond acceptors (Lipinski definition) is 1. The lowest BCUT2D eigenvalue weighted by atomic mass is 10.3. The van der Waals surface area contributed by atoms with Crippen molar-refractivity contribution in [2.24, 2.45) is 0 Å². The van der Waals surface area contributed by atoms with Crippen LogP contribution in [-0.2, 0) is 0 Å². The van der Waals surface area contributed by atoms with Crippen molar-refractivity contribution in [3.63, 3.8) is 0 Å². The summed E-state index contributed by atoms with van der Waals surface area (Å²) in [5, 5.41) is 0. The standard InChI is InChI=1S/C6H8NP.C2H6/c1-5-3-2-4-7-6(5)8;1-2/h2-4H,8H2,1H3;1-2H3. The van der Waals surface area contributed by atoms with E-state index in [0.29, 0.717) is 0 Å². The van der Waals surface area contributed by atoms with E-state index in [0.717, 1.165) is 5.44 Å². The lowest BCUT2D eigenvalue weighted by Crippen LogP contribution is -1.99. The maximum atomic E-state index is 4.04. The average molecular weight is 155 g/mol. The molecule has 1 aromatic rings. The maximum absolute atomic E-state index is 4.04. The van der Waals surface area contributed by atoms with Crippen LogP contribution in [0.1, 0.15) is 19.4 Å². The zero-order chi connectivity index (χ0) is 7.98. The first-order valence-corrected chi connectivity index (χ1v) is 4.05. The number of aromatic nitrogens is 1. The fraction of sp³-hybridized carbons (Fsp3) is 0.375. The van der Waals surface area contributed by atoms with Gasteiger partial charge < -0.3 is 0 Å². The molecule has 0 spiro atoms. The van der Waals surface area contributed by atoms with Crippen LogP contribution < -0.4 is 5.44 Å². The Kier molecular flexibility index (Phi) is 5.15. The van der Waals surface area contributed by atoms with E-state index in [1.165, 1.54) is 5.56 Å². The number of nitrogens with zero attached hydrogens (tertiary/aromatic N) is 1. The molecule has 0 saturated carbocycles. The number of hydrogen-bond donors (Lipinski definition) is 0. The van der Waals surface area contributed by atoms with E-state index in [1.807, 2.05) is 32.9 Å². The van der Waals surface area contributed by atoms with Crippen LogP contribution in [0.4, 0.5) is 0 Å². The third kappa shape index (κ3) is 2.93. The van der Waals surface area contributed by atoms with Crippen LogP contribution in [0, 0.1) is 6.92 Å². The van der Waals surface area contributed by atoms with Gasteiger partial charge in [0.25, 0.3) is 0 Å². The van der Waals surface area contributed by atoms with Gasteiger partial charge in [0.1, 0.15) is 0 Å². The van der Waals surface area contributed by atoms with Crippen molar-refractivity contribution in [1.82, 2.24) is 4.98 Å². The molecular weight excluding hydrogens is 141 g/mol. The smallest absolute Gasteiger partial charge is 0.0597 e. The molecule has 1 unspecified atom stereocenters. The SMILES string of the molecule is CC.Cc1cccnc1P. The minimum atomic E-state index is 1.03. The Hall–Kier alpha value is -0.420. The maximum Gasteiger partial charge on any atom is 0.0597 e. The summed E-state index contributed by atoms with van der Waals surface area (Å²) in [4.78, 5) is 4.04. The van der Waals surface area contributed by atoms with E-state index in [4.69, 9.17) is 0 Å². The molecule has 1 nitrogen and oxygen atoms in total. The Morgan fingerprint density at radius 3 is 2.30 bits per heavy atom. The lowest BCUT2D eigenvalue weighted by molar-refractivity contribution is 1.33. The van der Waals surface area contributed by atoms with Crippen molar-refractivity contribution < 1.29 is 0 Å². The van der Waals surface area contributed by atoms with Crippen molar-refractivity contribution in [2.45, 2.75) is 20.8 Å². The van der Waals surface area contributed by atoms with Gasteiger partial charge in [-0.1, -0.05) is 29.2 Å². The molecule has 0 aliphatic heterocycles. The molecule has 2 heteroatoms. The molecule has 1 rings (SSSR count). The van der Waals surface area contributed by atoms with Crippen molar-refractivity contribution in [3.8, 4) is 0 Å². The Morgan fingerprint density at radius 1 is 1.40 bits per heavy atom. The zero-order valence-corrected chi connectivity index (χ0v) is 7.91. The monoisotopic (exact) mass is 155 g/mol. The molecule has 0 aromatic carbocycles. The molecule has 0 aliphatic carbocycles. The van der Waals surface area contributed by atoms with Crippen LogP contribution in [-0.4, -0.2) is 4.98 Å². The van der Waals surface area contributed by atoms with Crippen LogP contribution in [0.5, 0.6) is 0 Å². The molecule has 1 heterocycles. The van der Waals surface area contributed by atoms with Crippen molar-refractivity contribution in [1.29, 1.82) is 0 Å². The average Bonchev–Trinajstić information content (AvgIpc) is 2.00. The van der Waals surface area contributed by atoms with Gasteiger partial charge in [0.15, 0.2) is 0 Å². The molecule has 1 atom stereocenters. The van der Waals surface area contributed by atoms with Gasteiger partial charge in [-0.15, -0.1) is 0 Å². The summed E-state index contributed by atoms with van der Waals surface area (Å²) in [5.41, 5.74) is 2.25. The van der Waals surface area contributed by atoms with E-state index >= 15 is 0 Å². The van der Waals surface area contributed by atoms with Gasteiger partial charge in [0, 0.05) is 6.20 Å². The van der Waals surface area contributed by atoms with E-state index in [9.17, 15) is 0 Å².